The quantitative estimate of drug-likeness (QED) is 0.742. The molecule has 0 amide bonds. The van der Waals surface area contributed by atoms with Crippen LogP contribution in [0.4, 0.5) is 0 Å². The molecule has 3 N–H and O–H groups in total. The monoisotopic (exact) mass is 272 g/mol. The number of aromatic hydroxyl groups is 3. The smallest absolute Gasteiger partial charge is 0.238 e. The van der Waals surface area contributed by atoms with E-state index < -0.39 is 16.9 Å². The van der Waals surface area contributed by atoms with Crippen molar-refractivity contribution in [3.63, 3.8) is 0 Å². The topological polar surface area (TPSA) is 90.9 Å². The van der Waals surface area contributed by atoms with Gasteiger partial charge in [-0.2, -0.15) is 0 Å². The molecule has 1 aliphatic carbocycles. The summed E-state index contributed by atoms with van der Waals surface area (Å²) in [6.07, 6.45) is 7.21. The van der Waals surface area contributed by atoms with Crippen molar-refractivity contribution in [1.29, 1.82) is 0 Å². The molecule has 0 aliphatic heterocycles. The van der Waals surface area contributed by atoms with E-state index in [0.29, 0.717) is 5.57 Å². The van der Waals surface area contributed by atoms with Crippen molar-refractivity contribution in [3.05, 3.63) is 46.3 Å². The van der Waals surface area contributed by atoms with Crippen LogP contribution < -0.4 is 5.43 Å². The molecule has 1 aromatic carbocycles. The zero-order chi connectivity index (χ0) is 14.3. The first-order valence-corrected chi connectivity index (χ1v) is 6.17. The molecule has 0 bridgehead atoms. The molecule has 20 heavy (non-hydrogen) atoms. The van der Waals surface area contributed by atoms with Crippen molar-refractivity contribution < 1.29 is 19.7 Å². The van der Waals surface area contributed by atoms with Crippen LogP contribution in [0.3, 0.4) is 0 Å². The molecule has 0 radical (unpaired) electrons. The van der Waals surface area contributed by atoms with Crippen LogP contribution in [0, 0.1) is 0 Å². The minimum Gasteiger partial charge on any atom is -0.508 e. The highest BCUT2D eigenvalue weighted by Gasteiger charge is 2.19. The molecule has 5 nitrogen and oxygen atoms in total. The van der Waals surface area contributed by atoms with E-state index in [1.807, 2.05) is 12.2 Å². The Morgan fingerprint density at radius 2 is 1.90 bits per heavy atom. The Labute approximate surface area is 113 Å². The summed E-state index contributed by atoms with van der Waals surface area (Å²) in [7, 11) is 0. The van der Waals surface area contributed by atoms with Crippen molar-refractivity contribution >= 4 is 16.5 Å². The summed E-state index contributed by atoms with van der Waals surface area (Å²) in [6, 6.07) is 2.25. The van der Waals surface area contributed by atoms with Gasteiger partial charge in [-0.05, 0) is 12.8 Å². The molecule has 0 atom stereocenters. The van der Waals surface area contributed by atoms with Crippen molar-refractivity contribution in [3.8, 4) is 17.2 Å². The molecule has 3 rings (SSSR count). The highest BCUT2D eigenvalue weighted by Crippen LogP contribution is 2.34. The highest BCUT2D eigenvalue weighted by molar-refractivity contribution is 5.88. The lowest BCUT2D eigenvalue weighted by Crippen LogP contribution is -2.04. The number of hydrogen-bond acceptors (Lipinski definition) is 5. The third kappa shape index (κ3) is 1.84. The Balaban J connectivity index is 2.36. The van der Waals surface area contributed by atoms with Crippen molar-refractivity contribution in [2.45, 2.75) is 12.8 Å². The average molecular weight is 272 g/mol. The molecule has 1 heterocycles. The molecule has 0 spiro atoms. The number of phenolic OH excluding ortho intramolecular Hbond substituents is 2. The van der Waals surface area contributed by atoms with Gasteiger partial charge >= 0.3 is 0 Å². The van der Waals surface area contributed by atoms with E-state index in [1.165, 1.54) is 6.07 Å². The normalized spacial score (nSPS) is 14.5. The molecule has 0 saturated carbocycles. The van der Waals surface area contributed by atoms with Gasteiger partial charge in [0.1, 0.15) is 22.5 Å². The van der Waals surface area contributed by atoms with Crippen LogP contribution in [-0.4, -0.2) is 15.3 Å². The van der Waals surface area contributed by atoms with E-state index in [1.54, 1.807) is 6.08 Å². The fraction of sp³-hybridized carbons (Fsp3) is 0.133. The summed E-state index contributed by atoms with van der Waals surface area (Å²) in [6.45, 7) is 0. The molecule has 5 heteroatoms. The lowest BCUT2D eigenvalue weighted by atomic mass is 10.0. The number of allylic oxidation sites excluding steroid dienone is 4. The molecule has 0 saturated heterocycles. The van der Waals surface area contributed by atoms with Gasteiger partial charge in [-0.3, -0.25) is 4.79 Å². The second-order valence-electron chi connectivity index (χ2n) is 4.59. The van der Waals surface area contributed by atoms with Gasteiger partial charge in [0.25, 0.3) is 0 Å². The van der Waals surface area contributed by atoms with Gasteiger partial charge in [0.15, 0.2) is 5.76 Å². The summed E-state index contributed by atoms with van der Waals surface area (Å²) in [4.78, 5) is 12.1. The Kier molecular flexibility index (Phi) is 2.75. The van der Waals surface area contributed by atoms with E-state index in [2.05, 4.69) is 0 Å². The summed E-state index contributed by atoms with van der Waals surface area (Å²) in [5.41, 5.74) is -0.0885. The van der Waals surface area contributed by atoms with Gasteiger partial charge < -0.3 is 19.7 Å². The lowest BCUT2D eigenvalue weighted by Gasteiger charge is -2.10. The maximum atomic E-state index is 12.1. The summed E-state index contributed by atoms with van der Waals surface area (Å²) in [5.74, 6) is -1.15. The Morgan fingerprint density at radius 1 is 1.10 bits per heavy atom. The predicted molar refractivity (Wildman–Crippen MR) is 73.8 cm³/mol. The molecule has 102 valence electrons. The SMILES string of the molecule is O=c1c(O)c(C2=CCCC=C2)oc2cc(O)cc(O)c12. The molecule has 0 unspecified atom stereocenters. The molecular formula is C15H12O5. The first kappa shape index (κ1) is 12.3. The van der Waals surface area contributed by atoms with Crippen LogP contribution in [0.15, 0.2) is 39.6 Å². The average Bonchev–Trinajstić information content (AvgIpc) is 2.43. The van der Waals surface area contributed by atoms with Gasteiger partial charge in [0.2, 0.25) is 11.2 Å². The van der Waals surface area contributed by atoms with Crippen molar-refractivity contribution in [1.82, 2.24) is 0 Å². The summed E-state index contributed by atoms with van der Waals surface area (Å²) >= 11 is 0. The number of fused-ring (bicyclic) bond motifs is 1. The Morgan fingerprint density at radius 3 is 2.60 bits per heavy atom. The molecule has 1 aliphatic rings. The minimum atomic E-state index is -0.723. The maximum absolute atomic E-state index is 12.1. The second-order valence-corrected chi connectivity index (χ2v) is 4.59. The fourth-order valence-corrected chi connectivity index (χ4v) is 2.25. The van der Waals surface area contributed by atoms with E-state index in [9.17, 15) is 20.1 Å². The van der Waals surface area contributed by atoms with Crippen LogP contribution in [-0.2, 0) is 0 Å². The highest BCUT2D eigenvalue weighted by atomic mass is 16.4. The van der Waals surface area contributed by atoms with E-state index in [-0.39, 0.29) is 22.5 Å². The van der Waals surface area contributed by atoms with Crippen molar-refractivity contribution in [2.75, 3.05) is 0 Å². The number of benzene rings is 1. The number of rotatable bonds is 1. The summed E-state index contributed by atoms with van der Waals surface area (Å²) < 4.78 is 5.48. The largest absolute Gasteiger partial charge is 0.508 e. The van der Waals surface area contributed by atoms with E-state index in [4.69, 9.17) is 4.42 Å². The van der Waals surface area contributed by atoms with Gasteiger partial charge in [-0.25, -0.2) is 0 Å². The zero-order valence-electron chi connectivity index (χ0n) is 10.5. The third-order valence-corrected chi connectivity index (χ3v) is 3.19. The third-order valence-electron chi connectivity index (χ3n) is 3.19. The van der Waals surface area contributed by atoms with Crippen LogP contribution in [0.25, 0.3) is 16.5 Å². The first-order valence-electron chi connectivity index (χ1n) is 6.17. The maximum Gasteiger partial charge on any atom is 0.238 e. The number of hydrogen-bond donors (Lipinski definition) is 3. The zero-order valence-corrected chi connectivity index (χ0v) is 10.5. The standard InChI is InChI=1S/C15H12O5/c16-9-6-10(17)12-11(7-9)20-15(14(19)13(12)18)8-4-2-1-3-5-8/h2,4-7,16-17,19H,1,3H2. The fourth-order valence-electron chi connectivity index (χ4n) is 2.25. The second kappa shape index (κ2) is 4.45. The van der Waals surface area contributed by atoms with Gasteiger partial charge in [-0.1, -0.05) is 18.2 Å². The molecule has 2 aromatic rings. The van der Waals surface area contributed by atoms with Gasteiger partial charge in [0.05, 0.1) is 0 Å². The van der Waals surface area contributed by atoms with Gasteiger partial charge in [-0.15, -0.1) is 0 Å². The van der Waals surface area contributed by atoms with Gasteiger partial charge in [0, 0.05) is 17.7 Å². The van der Waals surface area contributed by atoms with Crippen molar-refractivity contribution in [2.24, 2.45) is 0 Å². The molecule has 1 aromatic heterocycles. The van der Waals surface area contributed by atoms with Crippen LogP contribution in [0.1, 0.15) is 18.6 Å². The Bertz CT molecular complexity index is 811. The number of phenols is 2. The van der Waals surface area contributed by atoms with E-state index >= 15 is 0 Å². The minimum absolute atomic E-state index is 0.0279. The first-order chi connectivity index (χ1) is 9.58. The van der Waals surface area contributed by atoms with Crippen LogP contribution >= 0.6 is 0 Å². The molecular weight excluding hydrogens is 260 g/mol. The predicted octanol–water partition coefficient (Wildman–Crippen LogP) is 2.64. The Hall–Kier alpha value is -2.69. The summed E-state index contributed by atoms with van der Waals surface area (Å²) in [5, 5.41) is 29.0. The van der Waals surface area contributed by atoms with E-state index in [0.717, 1.165) is 18.9 Å². The lowest BCUT2D eigenvalue weighted by molar-refractivity contribution is 0.428. The van der Waals surface area contributed by atoms with Crippen LogP contribution in [0.2, 0.25) is 0 Å². The molecule has 0 fully saturated rings. The van der Waals surface area contributed by atoms with Crippen LogP contribution in [0.5, 0.6) is 17.2 Å².